The summed E-state index contributed by atoms with van der Waals surface area (Å²) in [5, 5.41) is 18.7. The predicted molar refractivity (Wildman–Crippen MR) is 145 cm³/mol. The number of amides is 2. The fourth-order valence-corrected chi connectivity index (χ4v) is 4.29. The molecule has 6 nitrogen and oxygen atoms in total. The Morgan fingerprint density at radius 3 is 2.20 bits per heavy atom. The maximum Gasteiger partial charge on any atom is 0.418 e. The van der Waals surface area contributed by atoms with Crippen LogP contribution in [0.3, 0.4) is 0 Å². The summed E-state index contributed by atoms with van der Waals surface area (Å²) >= 11 is 0. The summed E-state index contributed by atoms with van der Waals surface area (Å²) in [6.07, 6.45) is -5.92. The number of carbonyl (C=O) groups excluding carboxylic acids is 2. The molecule has 3 aromatic carbocycles. The van der Waals surface area contributed by atoms with Gasteiger partial charge in [-0.2, -0.15) is 13.2 Å². The van der Waals surface area contributed by atoms with Crippen molar-refractivity contribution in [2.45, 2.75) is 57.5 Å². The number of anilines is 1. The summed E-state index contributed by atoms with van der Waals surface area (Å²) in [5.74, 6) is -3.11. The van der Waals surface area contributed by atoms with E-state index in [2.05, 4.69) is 16.0 Å². The molecule has 0 saturated heterocycles. The summed E-state index contributed by atoms with van der Waals surface area (Å²) in [6, 6.07) is 14.2. The Bertz CT molecular complexity index is 1310. The van der Waals surface area contributed by atoms with Gasteiger partial charge in [-0.25, -0.2) is 8.78 Å². The molecule has 2 amide bonds. The van der Waals surface area contributed by atoms with Crippen LogP contribution in [0.1, 0.15) is 42.0 Å². The Labute approximate surface area is 235 Å². The first-order valence-corrected chi connectivity index (χ1v) is 13.1. The van der Waals surface area contributed by atoms with E-state index in [0.717, 1.165) is 41.8 Å². The molecule has 0 saturated carbocycles. The van der Waals surface area contributed by atoms with E-state index in [0.29, 0.717) is 12.6 Å². The van der Waals surface area contributed by atoms with Gasteiger partial charge in [0.05, 0.1) is 23.4 Å². The lowest BCUT2D eigenvalue weighted by Gasteiger charge is -2.25. The zero-order chi connectivity index (χ0) is 30.0. The normalized spacial score (nSPS) is 13.0. The Morgan fingerprint density at radius 1 is 0.854 bits per heavy atom. The molecule has 11 heteroatoms. The molecule has 0 aromatic heterocycles. The first-order chi connectivity index (χ1) is 19.4. The van der Waals surface area contributed by atoms with Crippen molar-refractivity contribution in [3.05, 3.63) is 101 Å². The number of hydrogen-bond donors (Lipinski definition) is 4. The highest BCUT2D eigenvalue weighted by Gasteiger charge is 2.33. The monoisotopic (exact) mass is 577 g/mol. The second-order valence-electron chi connectivity index (χ2n) is 9.62. The number of aliphatic hydroxyl groups is 1. The average Bonchev–Trinajstić information content (AvgIpc) is 2.91. The van der Waals surface area contributed by atoms with Crippen molar-refractivity contribution in [2.75, 3.05) is 11.9 Å². The molecule has 2 atom stereocenters. The zero-order valence-corrected chi connectivity index (χ0v) is 22.4. The largest absolute Gasteiger partial charge is 0.418 e. The van der Waals surface area contributed by atoms with E-state index in [4.69, 9.17) is 0 Å². The topological polar surface area (TPSA) is 90.5 Å². The van der Waals surface area contributed by atoms with Crippen molar-refractivity contribution < 1.29 is 36.6 Å². The molecule has 41 heavy (non-hydrogen) atoms. The molecule has 3 rings (SSSR count). The number of carbonyl (C=O) groups is 2. The van der Waals surface area contributed by atoms with Gasteiger partial charge in [-0.05, 0) is 53.8 Å². The fourth-order valence-electron chi connectivity index (χ4n) is 4.29. The van der Waals surface area contributed by atoms with Gasteiger partial charge in [0, 0.05) is 32.0 Å². The molecule has 0 aliphatic carbocycles. The van der Waals surface area contributed by atoms with Crippen molar-refractivity contribution in [1.82, 2.24) is 10.6 Å². The van der Waals surface area contributed by atoms with Crippen LogP contribution in [0.2, 0.25) is 0 Å². The number of aryl methyl sites for hydroxylation is 1. The highest BCUT2D eigenvalue weighted by Crippen LogP contribution is 2.34. The molecule has 0 aliphatic heterocycles. The number of rotatable bonds is 13. The van der Waals surface area contributed by atoms with Crippen molar-refractivity contribution in [3.63, 3.8) is 0 Å². The number of halogens is 5. The second-order valence-corrected chi connectivity index (χ2v) is 9.62. The number of hydrogen-bond acceptors (Lipinski definition) is 4. The van der Waals surface area contributed by atoms with Gasteiger partial charge in [0.25, 0.3) is 0 Å². The molecule has 0 unspecified atom stereocenters. The third-order valence-corrected chi connectivity index (χ3v) is 6.36. The van der Waals surface area contributed by atoms with E-state index in [9.17, 15) is 36.6 Å². The zero-order valence-electron chi connectivity index (χ0n) is 22.4. The fraction of sp³-hybridized carbons (Fsp3) is 0.333. The Morgan fingerprint density at radius 2 is 1.51 bits per heavy atom. The van der Waals surface area contributed by atoms with Gasteiger partial charge in [-0.3, -0.25) is 9.59 Å². The first kappa shape index (κ1) is 31.7. The minimum absolute atomic E-state index is 0.0355. The van der Waals surface area contributed by atoms with Gasteiger partial charge in [0.1, 0.15) is 11.6 Å². The summed E-state index contributed by atoms with van der Waals surface area (Å²) in [4.78, 5) is 25.0. The second kappa shape index (κ2) is 14.7. The van der Waals surface area contributed by atoms with Crippen LogP contribution in [0.15, 0.2) is 66.7 Å². The van der Waals surface area contributed by atoms with Crippen LogP contribution in [0, 0.1) is 11.6 Å². The lowest BCUT2D eigenvalue weighted by molar-refractivity contribution is -0.137. The quantitative estimate of drug-likeness (QED) is 0.212. The van der Waals surface area contributed by atoms with Crippen LogP contribution < -0.4 is 16.0 Å². The number of alkyl halides is 3. The van der Waals surface area contributed by atoms with Crippen LogP contribution in [0.25, 0.3) is 0 Å². The SMILES string of the molecule is CCc1cccc(CNC[C@@H](O)[C@H](Cc2cc(F)cc(F)c2)NC(=O)CCC(=O)Nc2ccccc2C(F)(F)F)c1. The summed E-state index contributed by atoms with van der Waals surface area (Å²) in [5.41, 5.74) is 0.889. The van der Waals surface area contributed by atoms with Gasteiger partial charge in [0.15, 0.2) is 0 Å². The van der Waals surface area contributed by atoms with Crippen molar-refractivity contribution in [2.24, 2.45) is 0 Å². The van der Waals surface area contributed by atoms with Crippen molar-refractivity contribution >= 4 is 17.5 Å². The van der Waals surface area contributed by atoms with Gasteiger partial charge < -0.3 is 21.1 Å². The van der Waals surface area contributed by atoms with E-state index in [1.165, 1.54) is 12.1 Å². The molecule has 0 radical (unpaired) electrons. The van der Waals surface area contributed by atoms with Crippen LogP contribution >= 0.6 is 0 Å². The maximum absolute atomic E-state index is 13.8. The molecule has 3 aromatic rings. The lowest BCUT2D eigenvalue weighted by Crippen LogP contribution is -2.48. The molecular formula is C30H32F5N3O3. The Kier molecular flexibility index (Phi) is 11.4. The summed E-state index contributed by atoms with van der Waals surface area (Å²) in [6.45, 7) is 2.50. The molecular weight excluding hydrogens is 545 g/mol. The van der Waals surface area contributed by atoms with E-state index in [-0.39, 0.29) is 18.5 Å². The van der Waals surface area contributed by atoms with Gasteiger partial charge in [-0.1, -0.05) is 43.3 Å². The number of benzene rings is 3. The number of para-hydroxylation sites is 1. The Balaban J connectivity index is 1.62. The van der Waals surface area contributed by atoms with E-state index < -0.39 is 65.9 Å². The van der Waals surface area contributed by atoms with Crippen LogP contribution in [-0.2, 0) is 35.2 Å². The summed E-state index contributed by atoms with van der Waals surface area (Å²) in [7, 11) is 0. The number of aliphatic hydroxyl groups excluding tert-OH is 1. The molecule has 0 spiro atoms. The summed E-state index contributed by atoms with van der Waals surface area (Å²) < 4.78 is 67.1. The van der Waals surface area contributed by atoms with E-state index in [1.54, 1.807) is 0 Å². The van der Waals surface area contributed by atoms with Crippen LogP contribution in [-0.4, -0.2) is 35.6 Å². The van der Waals surface area contributed by atoms with Crippen LogP contribution in [0.4, 0.5) is 27.6 Å². The smallest absolute Gasteiger partial charge is 0.390 e. The Hall–Kier alpha value is -3.83. The van der Waals surface area contributed by atoms with E-state index in [1.807, 2.05) is 31.2 Å². The minimum Gasteiger partial charge on any atom is -0.390 e. The van der Waals surface area contributed by atoms with Crippen LogP contribution in [0.5, 0.6) is 0 Å². The number of nitrogens with one attached hydrogen (secondary N) is 3. The first-order valence-electron chi connectivity index (χ1n) is 13.1. The highest BCUT2D eigenvalue weighted by molar-refractivity contribution is 5.94. The third kappa shape index (κ3) is 10.3. The molecule has 220 valence electrons. The third-order valence-electron chi connectivity index (χ3n) is 6.36. The standard InChI is InChI=1S/C30H32F5N3O3/c1-2-19-6-5-7-20(12-19)17-36-18-27(39)26(15-21-13-22(31)16-23(32)14-21)38-29(41)11-10-28(40)37-25-9-4-3-8-24(25)30(33,34)35/h3-9,12-14,16,26-27,36,39H,2,10-11,15,17-18H2,1H3,(H,37,40)(H,38,41)/t26-,27+/m0/s1. The van der Waals surface area contributed by atoms with Gasteiger partial charge in [0.2, 0.25) is 11.8 Å². The molecule has 0 fully saturated rings. The average molecular weight is 578 g/mol. The van der Waals surface area contributed by atoms with Gasteiger partial charge in [-0.15, -0.1) is 0 Å². The minimum atomic E-state index is -4.67. The van der Waals surface area contributed by atoms with Gasteiger partial charge >= 0.3 is 6.18 Å². The predicted octanol–water partition coefficient (Wildman–Crippen LogP) is 5.14. The lowest BCUT2D eigenvalue weighted by atomic mass is 10.00. The van der Waals surface area contributed by atoms with Crippen molar-refractivity contribution in [1.29, 1.82) is 0 Å². The molecule has 0 aliphatic rings. The molecule has 4 N–H and O–H groups in total. The molecule has 0 bridgehead atoms. The maximum atomic E-state index is 13.8. The van der Waals surface area contributed by atoms with E-state index >= 15 is 0 Å². The molecule has 0 heterocycles. The highest BCUT2D eigenvalue weighted by atomic mass is 19.4. The van der Waals surface area contributed by atoms with Crippen molar-refractivity contribution in [3.8, 4) is 0 Å².